The number of ether oxygens (including phenoxy) is 1. The molecule has 0 atom stereocenters. The minimum atomic E-state index is -0.884. The number of benzene rings is 1. The molecule has 0 amide bonds. The van der Waals surface area contributed by atoms with E-state index in [9.17, 15) is 9.90 Å². The third kappa shape index (κ3) is 1.48. The number of carbonyl (C=O) groups is 1. The highest BCUT2D eigenvalue weighted by molar-refractivity contribution is 6.05. The number of carboxylic acids is 1. The normalized spacial score (nSPS) is 14.5. The Morgan fingerprint density at radius 2 is 2.33 bits per heavy atom. The van der Waals surface area contributed by atoms with E-state index in [1.165, 1.54) is 0 Å². The van der Waals surface area contributed by atoms with E-state index in [1.54, 1.807) is 13.2 Å². The van der Waals surface area contributed by atoms with Crippen LogP contribution in [0, 0.1) is 0 Å². The highest BCUT2D eigenvalue weighted by atomic mass is 16.5. The van der Waals surface area contributed by atoms with Gasteiger partial charge in [-0.05, 0) is 18.2 Å². The summed E-state index contributed by atoms with van der Waals surface area (Å²) in [6.45, 7) is 2.26. The molecule has 18 heavy (non-hydrogen) atoms. The number of nitrogens with one attached hydrogen (secondary N) is 1. The molecule has 1 aromatic heterocycles. The van der Waals surface area contributed by atoms with E-state index in [-0.39, 0.29) is 0 Å². The highest BCUT2D eigenvalue weighted by Gasteiger charge is 2.23. The van der Waals surface area contributed by atoms with Gasteiger partial charge in [0.05, 0.1) is 12.7 Å². The molecule has 0 saturated carbocycles. The third-order valence-corrected chi connectivity index (χ3v) is 3.40. The number of aromatic nitrogens is 1. The van der Waals surface area contributed by atoms with Crippen LogP contribution in [0.15, 0.2) is 18.2 Å². The van der Waals surface area contributed by atoms with Crippen LogP contribution in [0.4, 0.5) is 0 Å². The van der Waals surface area contributed by atoms with Crippen molar-refractivity contribution in [2.75, 3.05) is 13.7 Å². The number of aromatic carboxylic acids is 1. The van der Waals surface area contributed by atoms with Crippen LogP contribution in [0.5, 0.6) is 5.75 Å². The molecule has 0 saturated heterocycles. The van der Waals surface area contributed by atoms with Gasteiger partial charge in [0, 0.05) is 36.2 Å². The summed E-state index contributed by atoms with van der Waals surface area (Å²) in [6, 6.07) is 5.59. The predicted octanol–water partition coefficient (Wildman–Crippen LogP) is 1.45. The van der Waals surface area contributed by atoms with Gasteiger partial charge in [-0.3, -0.25) is 0 Å². The summed E-state index contributed by atoms with van der Waals surface area (Å²) in [6.07, 6.45) is 0. The molecule has 94 valence electrons. The molecule has 2 N–H and O–H groups in total. The first-order valence-corrected chi connectivity index (χ1v) is 5.85. The van der Waals surface area contributed by atoms with E-state index in [4.69, 9.17) is 4.74 Å². The molecule has 0 fully saturated rings. The molecule has 0 aliphatic carbocycles. The monoisotopic (exact) mass is 246 g/mol. The molecule has 0 spiro atoms. The summed E-state index contributed by atoms with van der Waals surface area (Å²) in [7, 11) is 1.58. The van der Waals surface area contributed by atoms with Crippen molar-refractivity contribution in [3.8, 4) is 5.75 Å². The smallest absolute Gasteiger partial charge is 0.338 e. The third-order valence-electron chi connectivity index (χ3n) is 3.40. The second kappa shape index (κ2) is 4.03. The molecule has 2 aromatic rings. The molecule has 0 bridgehead atoms. The second-order valence-corrected chi connectivity index (χ2v) is 4.34. The van der Waals surface area contributed by atoms with Gasteiger partial charge in [0.1, 0.15) is 5.75 Å². The topological polar surface area (TPSA) is 63.5 Å². The van der Waals surface area contributed by atoms with Crippen molar-refractivity contribution < 1.29 is 14.6 Å². The summed E-state index contributed by atoms with van der Waals surface area (Å²) in [5.74, 6) is -0.202. The molecule has 2 heterocycles. The minimum absolute atomic E-state index is 0.385. The molecule has 0 radical (unpaired) electrons. The fourth-order valence-corrected chi connectivity index (χ4v) is 2.59. The van der Waals surface area contributed by atoms with E-state index in [1.807, 2.05) is 12.1 Å². The quantitative estimate of drug-likeness (QED) is 0.842. The van der Waals surface area contributed by atoms with Crippen LogP contribution in [0.1, 0.15) is 16.1 Å². The van der Waals surface area contributed by atoms with Crippen molar-refractivity contribution in [1.82, 2.24) is 9.88 Å². The van der Waals surface area contributed by atoms with Crippen LogP contribution >= 0.6 is 0 Å². The highest BCUT2D eigenvalue weighted by Crippen LogP contribution is 2.30. The van der Waals surface area contributed by atoms with Crippen LogP contribution in [-0.4, -0.2) is 29.3 Å². The maximum absolute atomic E-state index is 11.5. The van der Waals surface area contributed by atoms with E-state index < -0.39 is 5.97 Å². The van der Waals surface area contributed by atoms with E-state index in [2.05, 4.69) is 9.88 Å². The van der Waals surface area contributed by atoms with Gasteiger partial charge in [-0.1, -0.05) is 0 Å². The number of carboxylic acid groups (broad SMARTS) is 1. The Morgan fingerprint density at radius 3 is 3.06 bits per heavy atom. The zero-order valence-corrected chi connectivity index (χ0v) is 10.1. The van der Waals surface area contributed by atoms with Crippen molar-refractivity contribution in [3.63, 3.8) is 0 Å². The summed E-state index contributed by atoms with van der Waals surface area (Å²) in [4.78, 5) is 11.5. The Labute approximate surface area is 104 Å². The van der Waals surface area contributed by atoms with E-state index >= 15 is 0 Å². The number of rotatable bonds is 2. The van der Waals surface area contributed by atoms with Gasteiger partial charge in [-0.15, -0.1) is 0 Å². The maximum Gasteiger partial charge on any atom is 0.338 e. The van der Waals surface area contributed by atoms with Crippen molar-refractivity contribution in [3.05, 3.63) is 29.5 Å². The second-order valence-electron chi connectivity index (χ2n) is 4.34. The first-order valence-electron chi connectivity index (χ1n) is 5.85. The Hall–Kier alpha value is -2.01. The molecule has 1 aliphatic rings. The molecule has 3 rings (SSSR count). The standard InChI is InChI=1S/C13H14N2O3/c1-18-8-2-3-10-9(6-8)12(13(16)17)11-7-14-4-5-15(10)11/h2-3,6,14H,4-5,7H2,1H3,(H,16,17). The lowest BCUT2D eigenvalue weighted by molar-refractivity contribution is 0.0697. The fraction of sp³-hybridized carbons (Fsp3) is 0.308. The molecular weight excluding hydrogens is 232 g/mol. The van der Waals surface area contributed by atoms with Gasteiger partial charge in [-0.2, -0.15) is 0 Å². The Kier molecular flexibility index (Phi) is 2.48. The number of hydrogen-bond donors (Lipinski definition) is 2. The van der Waals surface area contributed by atoms with Crippen LogP contribution in [0.3, 0.4) is 0 Å². The van der Waals surface area contributed by atoms with Crippen LogP contribution < -0.4 is 10.1 Å². The lowest BCUT2D eigenvalue weighted by Crippen LogP contribution is -2.28. The van der Waals surface area contributed by atoms with Crippen LogP contribution in [0.25, 0.3) is 10.9 Å². The predicted molar refractivity (Wildman–Crippen MR) is 67.2 cm³/mol. The maximum atomic E-state index is 11.5. The summed E-state index contributed by atoms with van der Waals surface area (Å²) in [5, 5.41) is 13.4. The number of nitrogens with zero attached hydrogens (tertiary/aromatic N) is 1. The lowest BCUT2D eigenvalue weighted by atomic mass is 10.1. The number of fused-ring (bicyclic) bond motifs is 3. The Morgan fingerprint density at radius 1 is 1.50 bits per heavy atom. The van der Waals surface area contributed by atoms with Gasteiger partial charge in [-0.25, -0.2) is 4.79 Å². The zero-order chi connectivity index (χ0) is 12.7. The average molecular weight is 246 g/mol. The molecule has 1 aromatic carbocycles. The van der Waals surface area contributed by atoms with Crippen LogP contribution in [0.2, 0.25) is 0 Å². The Balaban J connectivity index is 2.36. The van der Waals surface area contributed by atoms with Gasteiger partial charge < -0.3 is 19.7 Å². The lowest BCUT2D eigenvalue weighted by Gasteiger charge is -2.17. The van der Waals surface area contributed by atoms with Gasteiger partial charge in [0.25, 0.3) is 0 Å². The summed E-state index contributed by atoms with van der Waals surface area (Å²) >= 11 is 0. The fourth-order valence-electron chi connectivity index (χ4n) is 2.59. The molecule has 5 nitrogen and oxygen atoms in total. The largest absolute Gasteiger partial charge is 0.497 e. The van der Waals surface area contributed by atoms with E-state index in [0.29, 0.717) is 17.9 Å². The van der Waals surface area contributed by atoms with E-state index in [0.717, 1.165) is 29.7 Å². The van der Waals surface area contributed by atoms with Crippen molar-refractivity contribution >= 4 is 16.9 Å². The average Bonchev–Trinajstić information content (AvgIpc) is 2.72. The van der Waals surface area contributed by atoms with Gasteiger partial charge in [0.15, 0.2) is 0 Å². The molecule has 5 heteroatoms. The molecular formula is C13H14N2O3. The minimum Gasteiger partial charge on any atom is -0.497 e. The molecule has 1 aliphatic heterocycles. The van der Waals surface area contributed by atoms with Gasteiger partial charge >= 0.3 is 5.97 Å². The number of hydrogen-bond acceptors (Lipinski definition) is 3. The number of methoxy groups -OCH3 is 1. The summed E-state index contributed by atoms with van der Waals surface area (Å²) in [5.41, 5.74) is 2.19. The van der Waals surface area contributed by atoms with Crippen molar-refractivity contribution in [1.29, 1.82) is 0 Å². The van der Waals surface area contributed by atoms with Crippen LogP contribution in [-0.2, 0) is 13.1 Å². The molecule has 0 unspecified atom stereocenters. The van der Waals surface area contributed by atoms with Gasteiger partial charge in [0.2, 0.25) is 0 Å². The zero-order valence-electron chi connectivity index (χ0n) is 10.1. The van der Waals surface area contributed by atoms with Crippen molar-refractivity contribution in [2.24, 2.45) is 0 Å². The van der Waals surface area contributed by atoms with Crippen molar-refractivity contribution in [2.45, 2.75) is 13.1 Å². The Bertz CT molecular complexity index is 631. The SMILES string of the molecule is COc1ccc2c(c1)c(C(=O)O)c1n2CCNC1. The first kappa shape index (κ1) is 11.1. The summed E-state index contributed by atoms with van der Waals surface area (Å²) < 4.78 is 7.25. The first-order chi connectivity index (χ1) is 8.72.